The van der Waals surface area contributed by atoms with Crippen LogP contribution in [0.15, 0.2) is 42.5 Å². The first-order chi connectivity index (χ1) is 10.6. The molecule has 1 aromatic carbocycles. The van der Waals surface area contributed by atoms with Crippen molar-refractivity contribution in [1.82, 2.24) is 4.98 Å². The molecule has 1 aromatic heterocycles. The first-order valence-corrected chi connectivity index (χ1v) is 6.35. The minimum atomic E-state index is -0.743. The Morgan fingerprint density at radius 1 is 0.818 bits per heavy atom. The van der Waals surface area contributed by atoms with Gasteiger partial charge in [-0.2, -0.15) is 0 Å². The van der Waals surface area contributed by atoms with Crippen LogP contribution in [0, 0.1) is 0 Å². The molecule has 0 aliphatic heterocycles. The van der Waals surface area contributed by atoms with E-state index in [1.54, 1.807) is 30.3 Å². The lowest BCUT2D eigenvalue weighted by molar-refractivity contribution is 0.0586. The summed E-state index contributed by atoms with van der Waals surface area (Å²) in [7, 11) is 2.38. The van der Waals surface area contributed by atoms with Gasteiger partial charge in [0.2, 0.25) is 0 Å². The molecule has 0 saturated carbocycles. The lowest BCUT2D eigenvalue weighted by Gasteiger charge is -2.06. The zero-order valence-corrected chi connectivity index (χ0v) is 12.0. The zero-order chi connectivity index (χ0) is 16.1. The van der Waals surface area contributed by atoms with Gasteiger partial charge >= 0.3 is 11.9 Å². The average molecular weight is 299 g/mol. The molecule has 0 fully saturated rings. The molecule has 0 amide bonds. The van der Waals surface area contributed by atoms with Crippen LogP contribution in [0.5, 0.6) is 0 Å². The van der Waals surface area contributed by atoms with Crippen LogP contribution in [-0.4, -0.2) is 36.9 Å². The first-order valence-electron chi connectivity index (χ1n) is 6.35. The van der Waals surface area contributed by atoms with Gasteiger partial charge < -0.3 is 9.47 Å². The molecule has 0 aliphatic carbocycles. The predicted octanol–water partition coefficient (Wildman–Crippen LogP) is 1.89. The van der Waals surface area contributed by atoms with Gasteiger partial charge in [-0.15, -0.1) is 0 Å². The molecule has 0 spiro atoms. The fourth-order valence-electron chi connectivity index (χ4n) is 1.84. The molecule has 1 heterocycles. The van der Waals surface area contributed by atoms with Crippen molar-refractivity contribution in [2.45, 2.75) is 0 Å². The van der Waals surface area contributed by atoms with Crippen molar-refractivity contribution in [1.29, 1.82) is 0 Å². The molecule has 0 N–H and O–H groups in total. The average Bonchev–Trinajstić information content (AvgIpc) is 2.59. The maximum atomic E-state index is 12.4. The topological polar surface area (TPSA) is 82.6 Å². The SMILES string of the molecule is COC(=O)c1cc(C(=O)c2ccccc2)cc(C(=O)OC)n1. The Bertz CT molecular complexity index is 690. The Hall–Kier alpha value is -3.02. The van der Waals surface area contributed by atoms with E-state index in [4.69, 9.17) is 0 Å². The predicted molar refractivity (Wildman–Crippen MR) is 76.8 cm³/mol. The summed E-state index contributed by atoms with van der Waals surface area (Å²) in [5.41, 5.74) is 0.316. The number of hydrogen-bond acceptors (Lipinski definition) is 6. The summed E-state index contributed by atoms with van der Waals surface area (Å²) in [6.07, 6.45) is 0. The van der Waals surface area contributed by atoms with Crippen LogP contribution in [0.25, 0.3) is 0 Å². The van der Waals surface area contributed by atoms with Gasteiger partial charge in [0.15, 0.2) is 5.78 Å². The van der Waals surface area contributed by atoms with Crippen molar-refractivity contribution in [2.75, 3.05) is 14.2 Å². The van der Waals surface area contributed by atoms with E-state index in [0.29, 0.717) is 5.56 Å². The number of aromatic nitrogens is 1. The highest BCUT2D eigenvalue weighted by Crippen LogP contribution is 2.14. The first kappa shape index (κ1) is 15.4. The van der Waals surface area contributed by atoms with Gasteiger partial charge in [0.25, 0.3) is 0 Å². The van der Waals surface area contributed by atoms with Gasteiger partial charge in [0.1, 0.15) is 11.4 Å². The fraction of sp³-hybridized carbons (Fsp3) is 0.125. The summed E-state index contributed by atoms with van der Waals surface area (Å²) >= 11 is 0. The maximum absolute atomic E-state index is 12.4. The number of ether oxygens (including phenoxy) is 2. The molecule has 0 atom stereocenters. The van der Waals surface area contributed by atoms with Crippen molar-refractivity contribution >= 4 is 17.7 Å². The van der Waals surface area contributed by atoms with E-state index < -0.39 is 11.9 Å². The maximum Gasteiger partial charge on any atom is 0.356 e. The second kappa shape index (κ2) is 6.62. The number of methoxy groups -OCH3 is 2. The van der Waals surface area contributed by atoms with E-state index in [1.165, 1.54) is 26.4 Å². The minimum absolute atomic E-state index is 0.135. The molecule has 22 heavy (non-hydrogen) atoms. The highest BCUT2D eigenvalue weighted by Gasteiger charge is 2.19. The van der Waals surface area contributed by atoms with E-state index in [1.807, 2.05) is 0 Å². The highest BCUT2D eigenvalue weighted by atomic mass is 16.5. The molecule has 0 bridgehead atoms. The number of carbonyl (C=O) groups is 3. The molecule has 112 valence electrons. The molecule has 6 nitrogen and oxygen atoms in total. The van der Waals surface area contributed by atoms with E-state index in [0.717, 1.165) is 0 Å². The fourth-order valence-corrected chi connectivity index (χ4v) is 1.84. The van der Waals surface area contributed by atoms with Gasteiger partial charge in [-0.1, -0.05) is 30.3 Å². The highest BCUT2D eigenvalue weighted by molar-refractivity contribution is 6.10. The zero-order valence-electron chi connectivity index (χ0n) is 12.0. The third kappa shape index (κ3) is 3.17. The van der Waals surface area contributed by atoms with Crippen LogP contribution in [0.3, 0.4) is 0 Å². The molecule has 0 saturated heterocycles. The Morgan fingerprint density at radius 3 is 1.77 bits per heavy atom. The van der Waals surface area contributed by atoms with Crippen LogP contribution in [0.4, 0.5) is 0 Å². The van der Waals surface area contributed by atoms with Crippen LogP contribution in [0.2, 0.25) is 0 Å². The third-order valence-corrected chi connectivity index (χ3v) is 2.91. The van der Waals surface area contributed by atoms with Crippen LogP contribution >= 0.6 is 0 Å². The van der Waals surface area contributed by atoms with Gasteiger partial charge in [0.05, 0.1) is 14.2 Å². The number of rotatable bonds is 4. The van der Waals surface area contributed by atoms with Crippen molar-refractivity contribution in [2.24, 2.45) is 0 Å². The molecular formula is C16H13NO5. The van der Waals surface area contributed by atoms with Crippen molar-refractivity contribution in [3.63, 3.8) is 0 Å². The third-order valence-electron chi connectivity index (χ3n) is 2.91. The van der Waals surface area contributed by atoms with Crippen molar-refractivity contribution in [3.05, 3.63) is 65.0 Å². The molecular weight excluding hydrogens is 286 g/mol. The number of esters is 2. The monoisotopic (exact) mass is 299 g/mol. The largest absolute Gasteiger partial charge is 0.464 e. The summed E-state index contributed by atoms with van der Waals surface area (Å²) in [6.45, 7) is 0. The quantitative estimate of drug-likeness (QED) is 0.633. The Morgan fingerprint density at radius 2 is 1.32 bits per heavy atom. The smallest absolute Gasteiger partial charge is 0.356 e. The van der Waals surface area contributed by atoms with Crippen molar-refractivity contribution in [3.8, 4) is 0 Å². The van der Waals surface area contributed by atoms with E-state index in [9.17, 15) is 14.4 Å². The molecule has 0 radical (unpaired) electrons. The van der Waals surface area contributed by atoms with Crippen LogP contribution < -0.4 is 0 Å². The summed E-state index contributed by atoms with van der Waals surface area (Å²) < 4.78 is 9.16. The van der Waals surface area contributed by atoms with Crippen LogP contribution in [-0.2, 0) is 9.47 Å². The summed E-state index contributed by atoms with van der Waals surface area (Å²) in [4.78, 5) is 39.6. The Balaban J connectivity index is 2.52. The number of carbonyl (C=O) groups excluding carboxylic acids is 3. The summed E-state index contributed by atoms with van der Waals surface area (Å²) in [5.74, 6) is -1.82. The van der Waals surface area contributed by atoms with Gasteiger partial charge in [-0.25, -0.2) is 14.6 Å². The normalized spacial score (nSPS) is 9.91. The molecule has 6 heteroatoms. The van der Waals surface area contributed by atoms with Gasteiger partial charge in [-0.3, -0.25) is 4.79 Å². The second-order valence-corrected chi connectivity index (χ2v) is 4.30. The lowest BCUT2D eigenvalue weighted by Crippen LogP contribution is -2.14. The summed E-state index contributed by atoms with van der Waals surface area (Å²) in [6, 6.07) is 11.1. The second-order valence-electron chi connectivity index (χ2n) is 4.30. The van der Waals surface area contributed by atoms with Gasteiger partial charge in [0, 0.05) is 11.1 Å². The number of nitrogens with zero attached hydrogens (tertiary/aromatic N) is 1. The van der Waals surface area contributed by atoms with E-state index >= 15 is 0 Å². The molecule has 0 unspecified atom stereocenters. The van der Waals surface area contributed by atoms with Gasteiger partial charge in [-0.05, 0) is 12.1 Å². The number of benzene rings is 1. The number of ketones is 1. The molecule has 0 aliphatic rings. The Kier molecular flexibility index (Phi) is 4.63. The standard InChI is InChI=1S/C16H13NO5/c1-21-15(19)12-8-11(9-13(17-12)16(20)22-2)14(18)10-6-4-3-5-7-10/h3-9H,1-2H3. The Labute approximate surface area is 126 Å². The molecule has 2 aromatic rings. The minimum Gasteiger partial charge on any atom is -0.464 e. The summed E-state index contributed by atoms with van der Waals surface area (Å²) in [5, 5.41) is 0. The van der Waals surface area contributed by atoms with E-state index in [2.05, 4.69) is 14.5 Å². The molecule has 2 rings (SSSR count). The van der Waals surface area contributed by atoms with E-state index in [-0.39, 0.29) is 22.7 Å². The number of pyridine rings is 1. The van der Waals surface area contributed by atoms with Crippen LogP contribution in [0.1, 0.15) is 36.9 Å². The number of hydrogen-bond donors (Lipinski definition) is 0. The lowest BCUT2D eigenvalue weighted by atomic mass is 10.0. The van der Waals surface area contributed by atoms with Crippen molar-refractivity contribution < 1.29 is 23.9 Å².